The number of nitrogens with one attached hydrogen (secondary N) is 1. The molecule has 7 heteroatoms. The van der Waals surface area contributed by atoms with Crippen molar-refractivity contribution in [2.24, 2.45) is 0 Å². The Morgan fingerprint density at radius 1 is 1.29 bits per heavy atom. The smallest absolute Gasteiger partial charge is 0.241 e. The van der Waals surface area contributed by atoms with Crippen LogP contribution in [-0.4, -0.2) is 13.4 Å². The van der Waals surface area contributed by atoms with Crippen molar-refractivity contribution >= 4 is 27.0 Å². The third kappa shape index (κ3) is 3.25. The Balaban J connectivity index is 2.37. The monoisotopic (exact) mass is 325 g/mol. The number of aryl methyl sites for hydroxylation is 2. The summed E-state index contributed by atoms with van der Waals surface area (Å²) < 4.78 is 27.9. The van der Waals surface area contributed by atoms with Gasteiger partial charge in [-0.05, 0) is 44.9 Å². The molecule has 0 aliphatic carbocycles. The molecule has 0 saturated heterocycles. The number of hydrogen-bond acceptors (Lipinski definition) is 5. The van der Waals surface area contributed by atoms with E-state index in [2.05, 4.69) is 9.71 Å². The number of hydrogen-bond donors (Lipinski definition) is 2. The van der Waals surface area contributed by atoms with Crippen molar-refractivity contribution < 1.29 is 8.42 Å². The molecule has 2 aromatic rings. The Morgan fingerprint density at radius 3 is 2.52 bits per heavy atom. The van der Waals surface area contributed by atoms with E-state index in [1.807, 2.05) is 12.3 Å². The molecule has 114 valence electrons. The number of nitrogen functional groups attached to an aromatic ring is 1. The first-order valence-electron chi connectivity index (χ1n) is 6.52. The standard InChI is InChI=1S/C14H19N3O2S2/c1-8-5-6-12(15)10(3)13(8)21(18,19)17-11(4)14-16-9(2)7-20-14/h5-7,11,17H,15H2,1-4H3. The van der Waals surface area contributed by atoms with Crippen LogP contribution in [0.3, 0.4) is 0 Å². The van der Waals surface area contributed by atoms with E-state index in [0.717, 1.165) is 10.7 Å². The fourth-order valence-electron chi connectivity index (χ4n) is 2.17. The molecule has 1 unspecified atom stereocenters. The van der Waals surface area contributed by atoms with Crippen LogP contribution < -0.4 is 10.5 Å². The highest BCUT2D eigenvalue weighted by molar-refractivity contribution is 7.89. The first kappa shape index (κ1) is 15.9. The molecule has 0 aliphatic heterocycles. The van der Waals surface area contributed by atoms with Gasteiger partial charge in [0.25, 0.3) is 0 Å². The number of aromatic nitrogens is 1. The van der Waals surface area contributed by atoms with Gasteiger partial charge in [0.2, 0.25) is 10.0 Å². The van der Waals surface area contributed by atoms with Crippen molar-refractivity contribution in [2.75, 3.05) is 5.73 Å². The van der Waals surface area contributed by atoms with Gasteiger partial charge in [0.05, 0.1) is 10.9 Å². The molecule has 3 N–H and O–H groups in total. The number of nitrogens with zero attached hydrogens (tertiary/aromatic N) is 1. The van der Waals surface area contributed by atoms with Crippen molar-refractivity contribution in [3.05, 3.63) is 39.3 Å². The van der Waals surface area contributed by atoms with Gasteiger partial charge in [-0.1, -0.05) is 6.07 Å². The van der Waals surface area contributed by atoms with Crippen LogP contribution >= 0.6 is 11.3 Å². The Kier molecular flexibility index (Phi) is 4.36. The van der Waals surface area contributed by atoms with Gasteiger partial charge in [-0.3, -0.25) is 0 Å². The lowest BCUT2D eigenvalue weighted by Gasteiger charge is -2.16. The van der Waals surface area contributed by atoms with Crippen molar-refractivity contribution in [3.8, 4) is 0 Å². The molecule has 0 aliphatic rings. The number of nitrogens with two attached hydrogens (primary N) is 1. The summed E-state index contributed by atoms with van der Waals surface area (Å²) in [6.07, 6.45) is 0. The number of anilines is 1. The average molecular weight is 325 g/mol. The fraction of sp³-hybridized carbons (Fsp3) is 0.357. The van der Waals surface area contributed by atoms with E-state index in [4.69, 9.17) is 5.73 Å². The summed E-state index contributed by atoms with van der Waals surface area (Å²) >= 11 is 1.44. The third-order valence-electron chi connectivity index (χ3n) is 3.25. The molecule has 21 heavy (non-hydrogen) atoms. The molecule has 0 amide bonds. The molecule has 0 spiro atoms. The molecule has 0 fully saturated rings. The van der Waals surface area contributed by atoms with E-state index in [-0.39, 0.29) is 10.9 Å². The molecule has 1 aromatic carbocycles. The molecule has 0 saturated carbocycles. The minimum absolute atomic E-state index is 0.252. The van der Waals surface area contributed by atoms with E-state index in [9.17, 15) is 8.42 Å². The number of thiazole rings is 1. The second-order valence-corrected chi connectivity index (χ2v) is 7.64. The predicted molar refractivity (Wildman–Crippen MR) is 85.9 cm³/mol. The van der Waals surface area contributed by atoms with Crippen LogP contribution in [0.5, 0.6) is 0 Å². The molecule has 5 nitrogen and oxygen atoms in total. The lowest BCUT2D eigenvalue weighted by Crippen LogP contribution is -2.28. The molecular formula is C14H19N3O2S2. The van der Waals surface area contributed by atoms with Crippen LogP contribution in [-0.2, 0) is 10.0 Å². The maximum Gasteiger partial charge on any atom is 0.241 e. The summed E-state index contributed by atoms with van der Waals surface area (Å²) in [7, 11) is -3.65. The Morgan fingerprint density at radius 2 is 1.95 bits per heavy atom. The predicted octanol–water partition coefficient (Wildman–Crippen LogP) is 2.69. The maximum absolute atomic E-state index is 12.6. The molecular weight excluding hydrogens is 306 g/mol. The SMILES string of the molecule is Cc1csc(C(C)NS(=O)(=O)c2c(C)ccc(N)c2C)n1. The topological polar surface area (TPSA) is 85.1 Å². The van der Waals surface area contributed by atoms with Crippen LogP contribution in [0.2, 0.25) is 0 Å². The summed E-state index contributed by atoms with van der Waals surface area (Å²) in [5.41, 5.74) is 8.44. The van der Waals surface area contributed by atoms with Gasteiger partial charge in [0, 0.05) is 16.8 Å². The van der Waals surface area contributed by atoms with Gasteiger partial charge in [-0.2, -0.15) is 0 Å². The van der Waals surface area contributed by atoms with Gasteiger partial charge in [0.15, 0.2) is 0 Å². The maximum atomic E-state index is 12.6. The first-order valence-corrected chi connectivity index (χ1v) is 8.88. The minimum Gasteiger partial charge on any atom is -0.398 e. The van der Waals surface area contributed by atoms with Crippen LogP contribution in [0.15, 0.2) is 22.4 Å². The summed E-state index contributed by atoms with van der Waals surface area (Å²) in [6, 6.07) is 3.06. The minimum atomic E-state index is -3.65. The number of sulfonamides is 1. The molecule has 0 radical (unpaired) electrons. The Hall–Kier alpha value is -1.44. The van der Waals surface area contributed by atoms with E-state index >= 15 is 0 Å². The molecule has 2 rings (SSSR count). The Bertz CT molecular complexity index is 767. The average Bonchev–Trinajstić information content (AvgIpc) is 2.80. The van der Waals surface area contributed by atoms with Crippen LogP contribution in [0.4, 0.5) is 5.69 Å². The zero-order valence-corrected chi connectivity index (χ0v) is 14.1. The quantitative estimate of drug-likeness (QED) is 0.846. The van der Waals surface area contributed by atoms with E-state index in [1.165, 1.54) is 11.3 Å². The second-order valence-electron chi connectivity index (χ2n) is 5.10. The number of benzene rings is 1. The lowest BCUT2D eigenvalue weighted by atomic mass is 10.1. The highest BCUT2D eigenvalue weighted by Crippen LogP contribution is 2.27. The zero-order valence-electron chi connectivity index (χ0n) is 12.5. The zero-order chi connectivity index (χ0) is 15.8. The third-order valence-corrected chi connectivity index (χ3v) is 6.23. The van der Waals surface area contributed by atoms with Crippen molar-refractivity contribution in [3.63, 3.8) is 0 Å². The molecule has 1 heterocycles. The first-order chi connectivity index (χ1) is 9.72. The van der Waals surface area contributed by atoms with E-state index < -0.39 is 10.0 Å². The second kappa shape index (κ2) is 5.75. The van der Waals surface area contributed by atoms with Crippen LogP contribution in [0.25, 0.3) is 0 Å². The van der Waals surface area contributed by atoms with Gasteiger partial charge in [0.1, 0.15) is 5.01 Å². The van der Waals surface area contributed by atoms with Crippen LogP contribution in [0.1, 0.15) is 34.8 Å². The summed E-state index contributed by atoms with van der Waals surface area (Å²) in [5, 5.41) is 2.65. The Labute approximate surface area is 129 Å². The lowest BCUT2D eigenvalue weighted by molar-refractivity contribution is 0.565. The van der Waals surface area contributed by atoms with Gasteiger partial charge < -0.3 is 5.73 Å². The largest absolute Gasteiger partial charge is 0.398 e. The number of rotatable bonds is 4. The highest BCUT2D eigenvalue weighted by Gasteiger charge is 2.24. The summed E-state index contributed by atoms with van der Waals surface area (Å²) in [6.45, 7) is 7.15. The molecule has 0 bridgehead atoms. The van der Waals surface area contributed by atoms with Gasteiger partial charge in [-0.15, -0.1) is 11.3 Å². The normalized spacial score (nSPS) is 13.3. The van der Waals surface area contributed by atoms with Crippen molar-refractivity contribution in [2.45, 2.75) is 38.6 Å². The van der Waals surface area contributed by atoms with Crippen molar-refractivity contribution in [1.82, 2.24) is 9.71 Å². The van der Waals surface area contributed by atoms with E-state index in [0.29, 0.717) is 16.8 Å². The fourth-order valence-corrected chi connectivity index (χ4v) is 4.76. The summed E-state index contributed by atoms with van der Waals surface area (Å²) in [5.74, 6) is 0. The van der Waals surface area contributed by atoms with Gasteiger partial charge >= 0.3 is 0 Å². The highest BCUT2D eigenvalue weighted by atomic mass is 32.2. The molecule has 1 aromatic heterocycles. The van der Waals surface area contributed by atoms with Crippen LogP contribution in [0, 0.1) is 20.8 Å². The van der Waals surface area contributed by atoms with Crippen molar-refractivity contribution in [1.29, 1.82) is 0 Å². The van der Waals surface area contributed by atoms with E-state index in [1.54, 1.807) is 32.9 Å². The summed E-state index contributed by atoms with van der Waals surface area (Å²) in [4.78, 5) is 4.57. The van der Waals surface area contributed by atoms with Gasteiger partial charge in [-0.25, -0.2) is 18.1 Å². The molecule has 1 atom stereocenters.